The number of ether oxygens (including phenoxy) is 4. The molecule has 0 saturated carbocycles. The van der Waals surface area contributed by atoms with E-state index in [1.165, 1.54) is 51.4 Å². The van der Waals surface area contributed by atoms with E-state index < -0.39 is 97.5 Å². The zero-order valence-corrected chi connectivity index (χ0v) is 60.4. The standard InChI is InChI=1S/C75H128O17P2/c1-5-9-13-17-21-25-29-31-32-33-34-35-36-38-42-44-48-52-56-60-73(78)86-66-71(92-75(80)62-58-54-50-46-40-28-24-20-16-12-8-4)68-90-94(83,84)88-64-69(76)63-87-93(81,82)89-67-70(91-74(79)61-57-53-49-45-39-27-23-19-15-11-7-3)65-85-72(77)59-55-51-47-43-41-37-30-26-22-18-14-10-6-2/h9,13,19-21,23-26,30-32,34-35,38,42,48,52,69-71,76H,5-8,10-12,14-18,22,27-29,33,36-37,39-41,43-47,49-51,53-68H2,1-4H3,(H,81,82)(H,83,84)/b13-9-,23-19-,24-20-,25-21-,30-26-,32-31-,35-34-,42-38-,52-48-. The highest BCUT2D eigenvalue weighted by Gasteiger charge is 2.30. The second-order valence-corrected chi connectivity index (χ2v) is 26.7. The number of carbonyl (C=O) groups is 4. The lowest BCUT2D eigenvalue weighted by Crippen LogP contribution is -2.30. The molecule has 0 aliphatic carbocycles. The Kier molecular flexibility index (Phi) is 64.2. The van der Waals surface area contributed by atoms with Crippen LogP contribution in [-0.4, -0.2) is 96.7 Å². The molecule has 0 spiro atoms. The number of esters is 4. The molecule has 5 unspecified atom stereocenters. The molecule has 0 heterocycles. The predicted molar refractivity (Wildman–Crippen MR) is 381 cm³/mol. The van der Waals surface area contributed by atoms with E-state index in [1.54, 1.807) is 0 Å². The number of aliphatic hydroxyl groups is 1. The van der Waals surface area contributed by atoms with Crippen molar-refractivity contribution in [3.8, 4) is 0 Å². The maximum Gasteiger partial charge on any atom is 0.472 e. The van der Waals surface area contributed by atoms with Crippen LogP contribution in [0.15, 0.2) is 109 Å². The van der Waals surface area contributed by atoms with Crippen molar-refractivity contribution < 1.29 is 80.2 Å². The number of allylic oxidation sites excluding steroid dienone is 18. The summed E-state index contributed by atoms with van der Waals surface area (Å²) in [6.07, 6.45) is 69.8. The van der Waals surface area contributed by atoms with E-state index >= 15 is 0 Å². The van der Waals surface area contributed by atoms with Crippen LogP contribution in [0.5, 0.6) is 0 Å². The minimum atomic E-state index is -4.99. The first-order valence-electron chi connectivity index (χ1n) is 36.1. The normalized spacial score (nSPS) is 14.7. The second kappa shape index (κ2) is 67.3. The van der Waals surface area contributed by atoms with Gasteiger partial charge in [-0.2, -0.15) is 0 Å². The largest absolute Gasteiger partial charge is 0.472 e. The van der Waals surface area contributed by atoms with Crippen molar-refractivity contribution in [2.75, 3.05) is 39.6 Å². The molecule has 540 valence electrons. The summed E-state index contributed by atoms with van der Waals surface area (Å²) in [6, 6.07) is 0. The number of phosphoric acid groups is 2. The molecule has 0 aromatic carbocycles. The molecular formula is C75H128O17P2. The molecule has 0 fully saturated rings. The van der Waals surface area contributed by atoms with Gasteiger partial charge in [0.15, 0.2) is 12.2 Å². The Balaban J connectivity index is 5.36. The minimum absolute atomic E-state index is 0.0333. The van der Waals surface area contributed by atoms with Crippen molar-refractivity contribution in [1.29, 1.82) is 0 Å². The van der Waals surface area contributed by atoms with Crippen molar-refractivity contribution in [3.05, 3.63) is 109 Å². The van der Waals surface area contributed by atoms with Crippen LogP contribution >= 0.6 is 15.6 Å². The molecule has 0 aliphatic heterocycles. The fourth-order valence-corrected chi connectivity index (χ4v) is 10.7. The zero-order valence-electron chi connectivity index (χ0n) is 58.6. The summed E-state index contributed by atoms with van der Waals surface area (Å²) < 4.78 is 68.1. The monoisotopic (exact) mass is 1360 g/mol. The lowest BCUT2D eigenvalue weighted by molar-refractivity contribution is -0.161. The van der Waals surface area contributed by atoms with Gasteiger partial charge >= 0.3 is 39.5 Å². The number of hydrogen-bond donors (Lipinski definition) is 3. The van der Waals surface area contributed by atoms with Crippen LogP contribution in [-0.2, 0) is 65.4 Å². The van der Waals surface area contributed by atoms with Gasteiger partial charge in [0.1, 0.15) is 19.3 Å². The maximum absolute atomic E-state index is 13.0. The Hall–Kier alpha value is -4.28. The first-order valence-corrected chi connectivity index (χ1v) is 39.1. The summed E-state index contributed by atoms with van der Waals surface area (Å²) in [5.74, 6) is -2.30. The molecule has 17 nitrogen and oxygen atoms in total. The molecule has 0 rings (SSSR count). The smallest absolute Gasteiger partial charge is 0.462 e. The van der Waals surface area contributed by atoms with Crippen LogP contribution in [0.1, 0.15) is 285 Å². The molecule has 0 amide bonds. The van der Waals surface area contributed by atoms with Gasteiger partial charge in [0.2, 0.25) is 0 Å². The van der Waals surface area contributed by atoms with Crippen LogP contribution in [0.3, 0.4) is 0 Å². The predicted octanol–water partition coefficient (Wildman–Crippen LogP) is 20.2. The third-order valence-electron chi connectivity index (χ3n) is 14.7. The van der Waals surface area contributed by atoms with Crippen LogP contribution < -0.4 is 0 Å². The van der Waals surface area contributed by atoms with Gasteiger partial charge in [0, 0.05) is 25.7 Å². The number of phosphoric ester groups is 2. The zero-order chi connectivity index (χ0) is 69.0. The summed E-state index contributed by atoms with van der Waals surface area (Å²) in [7, 11) is -9.96. The highest BCUT2D eigenvalue weighted by molar-refractivity contribution is 7.47. The van der Waals surface area contributed by atoms with E-state index in [-0.39, 0.29) is 25.7 Å². The molecule has 0 saturated heterocycles. The summed E-state index contributed by atoms with van der Waals surface area (Å²) in [5.41, 5.74) is 0. The van der Waals surface area contributed by atoms with E-state index in [1.807, 2.05) is 18.2 Å². The first-order chi connectivity index (χ1) is 45.7. The van der Waals surface area contributed by atoms with Crippen LogP contribution in [0, 0.1) is 0 Å². The Morgan fingerprint density at radius 3 is 0.947 bits per heavy atom. The second-order valence-electron chi connectivity index (χ2n) is 23.8. The molecule has 0 aromatic rings. The van der Waals surface area contributed by atoms with Crippen LogP contribution in [0.2, 0.25) is 0 Å². The van der Waals surface area contributed by atoms with Gasteiger partial charge in [-0.15, -0.1) is 0 Å². The van der Waals surface area contributed by atoms with Gasteiger partial charge in [-0.25, -0.2) is 9.13 Å². The first kappa shape index (κ1) is 89.7. The third kappa shape index (κ3) is 66.3. The summed E-state index contributed by atoms with van der Waals surface area (Å²) in [5, 5.41) is 10.6. The Bertz CT molecular complexity index is 2220. The molecule has 0 radical (unpaired) electrons. The molecule has 0 aliphatic rings. The van der Waals surface area contributed by atoms with Gasteiger partial charge in [0.05, 0.1) is 26.4 Å². The molecule has 0 bridgehead atoms. The molecule has 0 aromatic heterocycles. The number of carbonyl (C=O) groups excluding carboxylic acids is 4. The van der Waals surface area contributed by atoms with Crippen molar-refractivity contribution in [1.82, 2.24) is 0 Å². The quantitative estimate of drug-likeness (QED) is 0.0169. The third-order valence-corrected chi connectivity index (χ3v) is 16.6. The van der Waals surface area contributed by atoms with Gasteiger partial charge in [-0.3, -0.25) is 37.3 Å². The Morgan fingerprint density at radius 2 is 0.585 bits per heavy atom. The lowest BCUT2D eigenvalue weighted by atomic mass is 10.1. The number of aliphatic hydroxyl groups excluding tert-OH is 1. The van der Waals surface area contributed by atoms with Crippen LogP contribution in [0.4, 0.5) is 0 Å². The van der Waals surface area contributed by atoms with E-state index in [0.717, 1.165) is 148 Å². The molecule has 3 N–H and O–H groups in total. The highest BCUT2D eigenvalue weighted by atomic mass is 31.2. The van der Waals surface area contributed by atoms with Gasteiger partial charge in [-0.05, 0) is 128 Å². The fraction of sp³-hybridized carbons (Fsp3) is 0.707. The number of rotatable bonds is 67. The van der Waals surface area contributed by atoms with Crippen molar-refractivity contribution in [2.24, 2.45) is 0 Å². The van der Waals surface area contributed by atoms with Crippen molar-refractivity contribution in [2.45, 2.75) is 303 Å². The lowest BCUT2D eigenvalue weighted by Gasteiger charge is -2.21. The Labute approximate surface area is 569 Å². The van der Waals surface area contributed by atoms with E-state index in [0.29, 0.717) is 32.1 Å². The van der Waals surface area contributed by atoms with Crippen molar-refractivity contribution in [3.63, 3.8) is 0 Å². The van der Waals surface area contributed by atoms with Gasteiger partial charge in [0.25, 0.3) is 0 Å². The molecular weight excluding hydrogens is 1230 g/mol. The fourth-order valence-electron chi connectivity index (χ4n) is 9.14. The average Bonchev–Trinajstić information content (AvgIpc) is 1.24. The number of hydrogen-bond acceptors (Lipinski definition) is 15. The van der Waals surface area contributed by atoms with Gasteiger partial charge in [-0.1, -0.05) is 240 Å². The maximum atomic E-state index is 13.0. The van der Waals surface area contributed by atoms with E-state index in [9.17, 15) is 43.2 Å². The van der Waals surface area contributed by atoms with Gasteiger partial charge < -0.3 is 33.8 Å². The average molecular weight is 1360 g/mol. The van der Waals surface area contributed by atoms with E-state index in [2.05, 4.69) is 119 Å². The summed E-state index contributed by atoms with van der Waals surface area (Å²) in [4.78, 5) is 72.5. The summed E-state index contributed by atoms with van der Waals surface area (Å²) in [6.45, 7) is 4.53. The summed E-state index contributed by atoms with van der Waals surface area (Å²) >= 11 is 0. The molecule has 94 heavy (non-hydrogen) atoms. The van der Waals surface area contributed by atoms with Crippen molar-refractivity contribution >= 4 is 39.5 Å². The highest BCUT2D eigenvalue weighted by Crippen LogP contribution is 2.45. The molecule has 19 heteroatoms. The SMILES string of the molecule is CC/C=C\C/C=C\C/C=C\C/C=C\C/C=C\C/C=C\CCC(=O)OCC(COP(=O)(O)OCC(O)COP(=O)(O)OCC(COC(=O)CCCCCCC/C=C\CCCCCC)OC(=O)CCCCCCC/C=C\CCCC)OC(=O)CCCCCCC/C=C\CCCC. The topological polar surface area (TPSA) is 237 Å². The van der Waals surface area contributed by atoms with Crippen LogP contribution in [0.25, 0.3) is 0 Å². The minimum Gasteiger partial charge on any atom is -0.462 e. The van der Waals surface area contributed by atoms with E-state index in [4.69, 9.17) is 37.0 Å². The Morgan fingerprint density at radius 1 is 0.309 bits per heavy atom. The number of unbranched alkanes of at least 4 members (excludes halogenated alkanes) is 23. The molecule has 5 atom stereocenters.